The summed E-state index contributed by atoms with van der Waals surface area (Å²) in [6.07, 6.45) is 0. The largest absolute Gasteiger partial charge is 0.310 e. The van der Waals surface area contributed by atoms with E-state index in [1.807, 2.05) is 158 Å². The standard InChI is InChI=1S/C65H45N/c1-4-16-46(17-5-1)51-20-14-21-52(42-51)48-32-36-58(37-33-48)66(59-38-34-49(35-39-59)53-22-15-23-54(43-53)55-31-30-47-18-10-11-19-50(47)44-55)60-40-41-62-61-28-12-13-29-63(61)65(64(62)45-60,56-24-6-2-7-25-56)57-26-8-3-9-27-57/h1-45H/i32D,33D,34D,35D,36D,37D,38D,39D. The molecule has 1 aliphatic rings. The summed E-state index contributed by atoms with van der Waals surface area (Å²) in [7, 11) is 0. The molecule has 0 saturated heterocycles. The number of rotatable bonds is 9. The van der Waals surface area contributed by atoms with Gasteiger partial charge in [-0.25, -0.2) is 0 Å². The van der Waals surface area contributed by atoms with E-state index < -0.39 is 29.6 Å². The SMILES string of the molecule is [2H]c1c([2H])c(N(c2ccc3c(c2)C(c2ccccc2)(c2ccccc2)c2ccccc2-3)c2c([2H])c([2H])c(-c3cccc(-c4ccc5ccccc5c4)c3)c([2H])c2[2H])c([2H])c([2H])c1-c1cccc(-c2ccccc2)c1. The van der Waals surface area contributed by atoms with Crippen molar-refractivity contribution in [2.24, 2.45) is 0 Å². The zero-order chi connectivity index (χ0) is 50.8. The van der Waals surface area contributed by atoms with Crippen LogP contribution in [0.3, 0.4) is 0 Å². The van der Waals surface area contributed by atoms with Crippen LogP contribution in [-0.4, -0.2) is 0 Å². The highest BCUT2D eigenvalue weighted by Crippen LogP contribution is 2.57. The summed E-state index contributed by atoms with van der Waals surface area (Å²) in [6, 6.07) is 70.5. The molecule has 0 unspecified atom stereocenters. The summed E-state index contributed by atoms with van der Waals surface area (Å²) >= 11 is 0. The van der Waals surface area contributed by atoms with Crippen LogP contribution in [0.25, 0.3) is 66.4 Å². The average Bonchev–Trinajstić information content (AvgIpc) is 3.75. The number of benzene rings is 11. The van der Waals surface area contributed by atoms with Gasteiger partial charge in [-0.2, -0.15) is 0 Å². The number of hydrogen-bond donors (Lipinski definition) is 0. The molecule has 0 bridgehead atoms. The van der Waals surface area contributed by atoms with E-state index in [0.717, 1.165) is 66.4 Å². The maximum atomic E-state index is 9.95. The number of hydrogen-bond acceptors (Lipinski definition) is 1. The van der Waals surface area contributed by atoms with Gasteiger partial charge in [0.1, 0.15) is 0 Å². The van der Waals surface area contributed by atoms with Gasteiger partial charge in [-0.05, 0) is 143 Å². The van der Waals surface area contributed by atoms with Crippen molar-refractivity contribution in [3.8, 4) is 55.6 Å². The molecule has 0 fully saturated rings. The van der Waals surface area contributed by atoms with Crippen molar-refractivity contribution in [1.29, 1.82) is 0 Å². The molecule has 0 atom stereocenters. The molecular weight excluding hydrogens is 795 g/mol. The fourth-order valence-corrected chi connectivity index (χ4v) is 9.77. The average molecular weight is 848 g/mol. The van der Waals surface area contributed by atoms with Crippen molar-refractivity contribution in [3.63, 3.8) is 0 Å². The number of nitrogens with zero attached hydrogens (tertiary/aromatic N) is 1. The lowest BCUT2D eigenvalue weighted by Crippen LogP contribution is -2.28. The molecule has 1 aliphatic carbocycles. The van der Waals surface area contributed by atoms with Gasteiger partial charge in [-0.15, -0.1) is 0 Å². The van der Waals surface area contributed by atoms with Crippen LogP contribution in [0.5, 0.6) is 0 Å². The fraction of sp³-hybridized carbons (Fsp3) is 0.0154. The predicted octanol–water partition coefficient (Wildman–Crippen LogP) is 17.3. The first kappa shape index (κ1) is 31.3. The van der Waals surface area contributed by atoms with Crippen molar-refractivity contribution in [1.82, 2.24) is 0 Å². The fourth-order valence-electron chi connectivity index (χ4n) is 9.77. The molecule has 0 N–H and O–H groups in total. The minimum Gasteiger partial charge on any atom is -0.310 e. The topological polar surface area (TPSA) is 3.24 Å². The molecule has 0 saturated carbocycles. The molecule has 310 valence electrons. The van der Waals surface area contributed by atoms with Crippen LogP contribution in [0.1, 0.15) is 33.2 Å². The summed E-state index contributed by atoms with van der Waals surface area (Å²) < 4.78 is 78.6. The van der Waals surface area contributed by atoms with Crippen LogP contribution in [0.15, 0.2) is 273 Å². The minimum atomic E-state index is -0.882. The van der Waals surface area contributed by atoms with Gasteiger partial charge >= 0.3 is 0 Å². The lowest BCUT2D eigenvalue weighted by molar-refractivity contribution is 0.768. The van der Waals surface area contributed by atoms with E-state index in [1.54, 1.807) is 12.1 Å². The maximum Gasteiger partial charge on any atom is 0.0714 e. The molecule has 11 aromatic rings. The molecule has 66 heavy (non-hydrogen) atoms. The second-order valence-corrected chi connectivity index (χ2v) is 16.6. The summed E-state index contributed by atoms with van der Waals surface area (Å²) in [5.74, 6) is 0. The van der Waals surface area contributed by atoms with E-state index in [1.165, 1.54) is 4.90 Å². The Morgan fingerprint density at radius 2 is 0.727 bits per heavy atom. The third-order valence-corrected chi connectivity index (χ3v) is 12.9. The Morgan fingerprint density at radius 3 is 1.33 bits per heavy atom. The van der Waals surface area contributed by atoms with Gasteiger partial charge in [0.15, 0.2) is 0 Å². The number of fused-ring (bicyclic) bond motifs is 4. The minimum absolute atomic E-state index is 0.0936. The normalized spacial score (nSPS) is 14.1. The van der Waals surface area contributed by atoms with Crippen LogP contribution in [0.2, 0.25) is 0 Å². The van der Waals surface area contributed by atoms with Gasteiger partial charge in [-0.3, -0.25) is 0 Å². The van der Waals surface area contributed by atoms with Gasteiger partial charge < -0.3 is 4.90 Å². The van der Waals surface area contributed by atoms with E-state index in [2.05, 4.69) is 54.6 Å². The van der Waals surface area contributed by atoms with Gasteiger partial charge in [0.2, 0.25) is 0 Å². The zero-order valence-electron chi connectivity index (χ0n) is 43.8. The molecule has 0 aromatic heterocycles. The van der Waals surface area contributed by atoms with Crippen molar-refractivity contribution < 1.29 is 11.0 Å². The van der Waals surface area contributed by atoms with Crippen LogP contribution in [0, 0.1) is 0 Å². The Bertz CT molecular complexity index is 3910. The predicted molar refractivity (Wildman–Crippen MR) is 278 cm³/mol. The molecule has 12 rings (SSSR count). The van der Waals surface area contributed by atoms with E-state index in [0.29, 0.717) is 16.8 Å². The van der Waals surface area contributed by atoms with Gasteiger partial charge in [-0.1, -0.05) is 218 Å². The molecule has 1 nitrogen and oxygen atoms in total. The first-order chi connectivity index (χ1) is 36.1. The first-order valence-electron chi connectivity index (χ1n) is 26.2. The van der Waals surface area contributed by atoms with Crippen molar-refractivity contribution in [2.75, 3.05) is 4.90 Å². The smallest absolute Gasteiger partial charge is 0.0714 e. The van der Waals surface area contributed by atoms with Gasteiger partial charge in [0, 0.05) is 17.1 Å². The van der Waals surface area contributed by atoms with Gasteiger partial charge in [0.05, 0.1) is 16.4 Å². The first-order valence-corrected chi connectivity index (χ1v) is 22.2. The van der Waals surface area contributed by atoms with Crippen LogP contribution in [0.4, 0.5) is 17.1 Å². The van der Waals surface area contributed by atoms with E-state index in [4.69, 9.17) is 0 Å². The highest BCUT2D eigenvalue weighted by atomic mass is 15.1. The summed E-state index contributed by atoms with van der Waals surface area (Å²) in [4.78, 5) is 1.42. The Balaban J connectivity index is 1.11. The monoisotopic (exact) mass is 847 g/mol. The van der Waals surface area contributed by atoms with E-state index in [-0.39, 0.29) is 46.7 Å². The molecule has 0 spiro atoms. The van der Waals surface area contributed by atoms with Crippen molar-refractivity contribution in [3.05, 3.63) is 295 Å². The van der Waals surface area contributed by atoms with Crippen molar-refractivity contribution >= 4 is 27.8 Å². The zero-order valence-corrected chi connectivity index (χ0v) is 35.8. The lowest BCUT2D eigenvalue weighted by Gasteiger charge is -2.35. The summed E-state index contributed by atoms with van der Waals surface area (Å²) in [5.41, 5.74) is 9.59. The maximum absolute atomic E-state index is 9.95. The van der Waals surface area contributed by atoms with E-state index >= 15 is 0 Å². The second-order valence-electron chi connectivity index (χ2n) is 16.6. The molecule has 0 amide bonds. The third kappa shape index (κ3) is 6.81. The highest BCUT2D eigenvalue weighted by Gasteiger charge is 2.46. The molecule has 11 aromatic carbocycles. The second kappa shape index (κ2) is 16.6. The highest BCUT2D eigenvalue weighted by molar-refractivity contribution is 5.91. The quantitative estimate of drug-likeness (QED) is 0.140. The Hall–Kier alpha value is -8.52. The van der Waals surface area contributed by atoms with Crippen molar-refractivity contribution in [2.45, 2.75) is 5.41 Å². The molecular formula is C65H45N. The van der Waals surface area contributed by atoms with Crippen LogP contribution < -0.4 is 4.90 Å². The molecule has 0 heterocycles. The Morgan fingerprint density at radius 1 is 0.273 bits per heavy atom. The summed E-state index contributed by atoms with van der Waals surface area (Å²) in [5, 5.41) is 2.16. The number of anilines is 3. The van der Waals surface area contributed by atoms with Gasteiger partial charge in [0.25, 0.3) is 0 Å². The van der Waals surface area contributed by atoms with E-state index in [9.17, 15) is 11.0 Å². The summed E-state index contributed by atoms with van der Waals surface area (Å²) in [6.45, 7) is 0. The van der Waals surface area contributed by atoms with Crippen LogP contribution >= 0.6 is 0 Å². The lowest BCUT2D eigenvalue weighted by atomic mass is 9.67. The Labute approximate surface area is 398 Å². The Kier molecular flexibility index (Phi) is 7.86. The molecule has 1 heteroatoms. The molecule has 0 aliphatic heterocycles. The van der Waals surface area contributed by atoms with Crippen LogP contribution in [-0.2, 0) is 5.41 Å². The third-order valence-electron chi connectivity index (χ3n) is 12.9. The molecule has 0 radical (unpaired) electrons.